The second kappa shape index (κ2) is 7.41. The lowest BCUT2D eigenvalue weighted by Crippen LogP contribution is -2.35. The van der Waals surface area contributed by atoms with E-state index in [4.69, 9.17) is 0 Å². The van der Waals surface area contributed by atoms with Gasteiger partial charge in [0.05, 0.1) is 6.04 Å². The van der Waals surface area contributed by atoms with Crippen molar-refractivity contribution < 1.29 is 4.79 Å². The highest BCUT2D eigenvalue weighted by Gasteiger charge is 2.36. The van der Waals surface area contributed by atoms with E-state index in [-0.39, 0.29) is 12.1 Å². The topological polar surface area (TPSA) is 103 Å². The Hall–Kier alpha value is -3.23. The zero-order valence-electron chi connectivity index (χ0n) is 16.3. The summed E-state index contributed by atoms with van der Waals surface area (Å²) in [4.78, 5) is 17.1. The van der Waals surface area contributed by atoms with Crippen molar-refractivity contribution in [1.29, 1.82) is 0 Å². The summed E-state index contributed by atoms with van der Waals surface area (Å²) >= 11 is 0. The number of hydrogen-bond donors (Lipinski definition) is 2. The van der Waals surface area contributed by atoms with E-state index in [0.29, 0.717) is 5.92 Å². The van der Waals surface area contributed by atoms with Crippen molar-refractivity contribution in [1.82, 2.24) is 34.8 Å². The number of anilines is 1. The quantitative estimate of drug-likeness (QED) is 0.684. The van der Waals surface area contributed by atoms with E-state index >= 15 is 0 Å². The van der Waals surface area contributed by atoms with Crippen LogP contribution >= 0.6 is 0 Å². The number of aryl methyl sites for hydroxylation is 2. The van der Waals surface area contributed by atoms with Gasteiger partial charge in [0.1, 0.15) is 18.5 Å². The van der Waals surface area contributed by atoms with E-state index < -0.39 is 0 Å². The van der Waals surface area contributed by atoms with Crippen LogP contribution in [0.15, 0.2) is 30.9 Å². The average molecular weight is 380 g/mol. The molecule has 2 amide bonds. The normalized spacial score (nSPS) is 14.7. The van der Waals surface area contributed by atoms with Crippen LogP contribution in [0.1, 0.15) is 37.2 Å². The minimum absolute atomic E-state index is 0.135. The minimum atomic E-state index is -0.249. The Morgan fingerprint density at radius 2 is 2.18 bits per heavy atom. The molecule has 3 aromatic rings. The summed E-state index contributed by atoms with van der Waals surface area (Å²) in [6.45, 7) is 4.70. The number of urea groups is 1. The summed E-state index contributed by atoms with van der Waals surface area (Å²) in [7, 11) is 1.89. The van der Waals surface area contributed by atoms with Crippen LogP contribution in [0.25, 0.3) is 11.4 Å². The molecule has 1 fully saturated rings. The third-order valence-electron chi connectivity index (χ3n) is 5.14. The van der Waals surface area contributed by atoms with Crippen molar-refractivity contribution in [3.8, 4) is 11.4 Å². The van der Waals surface area contributed by atoms with Crippen molar-refractivity contribution in [3.63, 3.8) is 0 Å². The predicted molar refractivity (Wildman–Crippen MR) is 104 cm³/mol. The zero-order chi connectivity index (χ0) is 19.7. The molecule has 146 valence electrons. The van der Waals surface area contributed by atoms with Gasteiger partial charge in [-0.15, -0.1) is 10.2 Å². The summed E-state index contributed by atoms with van der Waals surface area (Å²) in [5.74, 6) is 1.98. The minimum Gasteiger partial charge on any atom is -0.328 e. The molecule has 1 aromatic carbocycles. The maximum absolute atomic E-state index is 12.8. The summed E-state index contributed by atoms with van der Waals surface area (Å²) < 4.78 is 3.69. The third-order valence-corrected chi connectivity index (χ3v) is 5.14. The molecule has 0 saturated heterocycles. The van der Waals surface area contributed by atoms with Crippen LogP contribution in [-0.4, -0.2) is 35.6 Å². The molecule has 2 aromatic heterocycles. The molecule has 1 atom stereocenters. The Balaban J connectivity index is 1.53. The van der Waals surface area contributed by atoms with Gasteiger partial charge < -0.3 is 15.2 Å². The first-order valence-electron chi connectivity index (χ1n) is 9.47. The molecule has 2 heterocycles. The van der Waals surface area contributed by atoms with Crippen LogP contribution in [0, 0.1) is 12.8 Å². The molecule has 1 aliphatic rings. The Kier molecular flexibility index (Phi) is 4.81. The highest BCUT2D eigenvalue weighted by Crippen LogP contribution is 2.40. The number of rotatable bonds is 6. The standard InChI is InChI=1S/C19H24N8O/c1-4-27-18(20-10-22-27)16(13-8-9-13)24-19(28)23-15-7-5-6-14(12(15)2)17-25-21-11-26(17)3/h5-7,10-11,13,16H,4,8-9H2,1-3H3,(H2,23,24,28). The molecule has 9 heteroatoms. The van der Waals surface area contributed by atoms with E-state index in [1.807, 2.05) is 48.3 Å². The van der Waals surface area contributed by atoms with Gasteiger partial charge in [-0.2, -0.15) is 5.10 Å². The van der Waals surface area contributed by atoms with Gasteiger partial charge in [0, 0.05) is 24.8 Å². The Morgan fingerprint density at radius 3 is 2.86 bits per heavy atom. The Bertz CT molecular complexity index is 987. The second-order valence-corrected chi connectivity index (χ2v) is 7.09. The molecule has 0 bridgehead atoms. The van der Waals surface area contributed by atoms with Gasteiger partial charge in [-0.05, 0) is 44.2 Å². The first kappa shape index (κ1) is 18.1. The number of nitrogens with one attached hydrogen (secondary N) is 2. The van der Waals surface area contributed by atoms with Gasteiger partial charge >= 0.3 is 6.03 Å². The van der Waals surface area contributed by atoms with Crippen LogP contribution in [0.3, 0.4) is 0 Å². The number of aromatic nitrogens is 6. The first-order chi connectivity index (χ1) is 13.6. The van der Waals surface area contributed by atoms with Crippen LogP contribution < -0.4 is 10.6 Å². The van der Waals surface area contributed by atoms with Crippen molar-refractivity contribution >= 4 is 11.7 Å². The summed E-state index contributed by atoms with van der Waals surface area (Å²) in [5.41, 5.74) is 2.61. The van der Waals surface area contributed by atoms with Gasteiger partial charge in [-0.3, -0.25) is 0 Å². The van der Waals surface area contributed by atoms with Crippen molar-refractivity contribution in [2.24, 2.45) is 13.0 Å². The number of carbonyl (C=O) groups is 1. The lowest BCUT2D eigenvalue weighted by Gasteiger charge is -2.19. The Morgan fingerprint density at radius 1 is 1.36 bits per heavy atom. The number of nitrogens with zero attached hydrogens (tertiary/aromatic N) is 6. The van der Waals surface area contributed by atoms with Crippen molar-refractivity contribution in [2.45, 2.75) is 39.3 Å². The van der Waals surface area contributed by atoms with Crippen molar-refractivity contribution in [3.05, 3.63) is 42.2 Å². The lowest BCUT2D eigenvalue weighted by atomic mass is 10.1. The van der Waals surface area contributed by atoms with Gasteiger partial charge in [-0.25, -0.2) is 14.5 Å². The fourth-order valence-corrected chi connectivity index (χ4v) is 3.42. The molecule has 1 unspecified atom stereocenters. The largest absolute Gasteiger partial charge is 0.328 e. The smallest absolute Gasteiger partial charge is 0.319 e. The maximum atomic E-state index is 12.8. The van der Waals surface area contributed by atoms with Gasteiger partial charge in [-0.1, -0.05) is 12.1 Å². The number of carbonyl (C=O) groups excluding carboxylic acids is 1. The fourth-order valence-electron chi connectivity index (χ4n) is 3.42. The molecule has 4 rings (SSSR count). The second-order valence-electron chi connectivity index (χ2n) is 7.09. The van der Waals surface area contributed by atoms with Crippen molar-refractivity contribution in [2.75, 3.05) is 5.32 Å². The molecule has 9 nitrogen and oxygen atoms in total. The lowest BCUT2D eigenvalue weighted by molar-refractivity contribution is 0.246. The van der Waals surface area contributed by atoms with E-state index in [1.165, 1.54) is 0 Å². The summed E-state index contributed by atoms with van der Waals surface area (Å²) in [6, 6.07) is 5.37. The molecule has 2 N–H and O–H groups in total. The molecule has 1 aliphatic carbocycles. The zero-order valence-corrected chi connectivity index (χ0v) is 16.3. The van der Waals surface area contributed by atoms with E-state index in [1.54, 1.807) is 12.7 Å². The highest BCUT2D eigenvalue weighted by atomic mass is 16.2. The van der Waals surface area contributed by atoms with Crippen LogP contribution in [0.4, 0.5) is 10.5 Å². The van der Waals surface area contributed by atoms with Gasteiger partial charge in [0.2, 0.25) is 0 Å². The van der Waals surface area contributed by atoms with Gasteiger partial charge in [0.25, 0.3) is 0 Å². The molecule has 28 heavy (non-hydrogen) atoms. The molecule has 1 saturated carbocycles. The van der Waals surface area contributed by atoms with Gasteiger partial charge in [0.15, 0.2) is 5.82 Å². The van der Waals surface area contributed by atoms with E-state index in [9.17, 15) is 4.79 Å². The maximum Gasteiger partial charge on any atom is 0.319 e. The SMILES string of the molecule is CCn1ncnc1C(NC(=O)Nc1cccc(-c2nncn2C)c1C)C1CC1. The number of hydrogen-bond acceptors (Lipinski definition) is 5. The van der Waals surface area contributed by atoms with E-state index in [2.05, 4.69) is 30.9 Å². The molecular weight excluding hydrogens is 356 g/mol. The molecule has 0 radical (unpaired) electrons. The summed E-state index contributed by atoms with van der Waals surface area (Å²) in [6.07, 6.45) is 5.37. The van der Waals surface area contributed by atoms with E-state index in [0.717, 1.165) is 47.8 Å². The van der Waals surface area contributed by atoms with Crippen LogP contribution in [0.5, 0.6) is 0 Å². The highest BCUT2D eigenvalue weighted by molar-refractivity contribution is 5.91. The Labute approximate surface area is 163 Å². The predicted octanol–water partition coefficient (Wildman–Crippen LogP) is 2.67. The molecular formula is C19H24N8O. The monoisotopic (exact) mass is 380 g/mol. The molecule has 0 spiro atoms. The third kappa shape index (κ3) is 3.47. The van der Waals surface area contributed by atoms with Crippen LogP contribution in [0.2, 0.25) is 0 Å². The molecule has 0 aliphatic heterocycles. The average Bonchev–Trinajstić information content (AvgIpc) is 3.26. The fraction of sp³-hybridized carbons (Fsp3) is 0.421. The summed E-state index contributed by atoms with van der Waals surface area (Å²) in [5, 5.41) is 18.4. The number of amides is 2. The first-order valence-corrected chi connectivity index (χ1v) is 9.47. The van der Waals surface area contributed by atoms with Crippen LogP contribution in [-0.2, 0) is 13.6 Å². The number of benzene rings is 1.